The van der Waals surface area contributed by atoms with E-state index in [4.69, 9.17) is 0 Å². The van der Waals surface area contributed by atoms with Gasteiger partial charge in [0.15, 0.2) is 0 Å². The van der Waals surface area contributed by atoms with Gasteiger partial charge >= 0.3 is 0 Å². The maximum absolute atomic E-state index is 12.7. The Hall–Kier alpha value is -8.32. The summed E-state index contributed by atoms with van der Waals surface area (Å²) in [4.78, 5) is 94.7. The largest absolute Gasteiger partial charge is 0.337 e. The number of hydrogen-bond acceptors (Lipinski definition) is 15. The van der Waals surface area contributed by atoms with Crippen LogP contribution in [-0.4, -0.2) is 103 Å². The standard InChI is InChI=1S/2C24H26N4O2S.C14H15NOS.C10H12BrN3O.ClH/c2*1-15-18-7-5-6-8-19(18)31-20(15)14-28(4)21(29)10-9-16-11-17-13-26-24(2,3)23(30)27-22(17)25-12-16;1-4-14(16)15(3)9-13-10(2)11-7-5-6-8-12(11)17-13;1-10(2)9(15)14-8-6(4-13-10)3-7(11)5-12-8;/h2*5-12,26H,13-14H2,1-4H3,(H,25,27,30);4-8H,1,9H2,2-3H3;3,5,13H,4H2,1-2H3,(H,12,14,15);1H/b2*10-9+;;;. The van der Waals surface area contributed by atoms with Crippen LogP contribution in [0, 0.1) is 20.8 Å². The number of amides is 6. The van der Waals surface area contributed by atoms with Crippen LogP contribution < -0.4 is 31.9 Å². The van der Waals surface area contributed by atoms with Crippen molar-refractivity contribution in [3.8, 4) is 0 Å². The Morgan fingerprint density at radius 2 is 0.811 bits per heavy atom. The van der Waals surface area contributed by atoms with Crippen LogP contribution in [0.15, 0.2) is 139 Å². The van der Waals surface area contributed by atoms with Crippen LogP contribution >= 0.6 is 62.3 Å². The van der Waals surface area contributed by atoms with Crippen LogP contribution in [0.25, 0.3) is 42.4 Å². The molecule has 0 spiro atoms. The lowest BCUT2D eigenvalue weighted by atomic mass is 10.1. The SMILES string of the molecule is C=CC(=O)N(C)Cc1sc2ccccc2c1C.CC1(C)NCc2cc(Br)cnc2NC1=O.Cc1c(CN(C)C(=O)/C=C/c2cnc3c(c2)CNC(C)(C)C(=O)N3)sc2ccccc12.Cc1c(CN(C)C(=O)/C=C/c2cnc3c(c2)CNC(C)(C)C(=O)N3)sc2ccccc12.Cl. The monoisotopic (exact) mass is 1420 g/mol. The summed E-state index contributed by atoms with van der Waals surface area (Å²) in [5.41, 5.74) is 6.24. The number of hydrogen-bond donors (Lipinski definition) is 6. The van der Waals surface area contributed by atoms with Gasteiger partial charge in [-0.05, 0) is 177 Å². The average Bonchev–Trinajstić information content (AvgIpc) is 1.72. The average molecular weight is 1420 g/mol. The number of rotatable bonds is 11. The van der Waals surface area contributed by atoms with E-state index in [-0.39, 0.29) is 47.9 Å². The summed E-state index contributed by atoms with van der Waals surface area (Å²) < 4.78 is 4.68. The summed E-state index contributed by atoms with van der Waals surface area (Å²) in [6.07, 6.45) is 13.0. The number of likely N-dealkylation sites (N-methyl/N-ethyl adjacent to an activating group) is 3. The van der Waals surface area contributed by atoms with Crippen molar-refractivity contribution < 1.29 is 28.8 Å². The Balaban J connectivity index is 0.000000169. The Morgan fingerprint density at radius 1 is 0.505 bits per heavy atom. The molecular weight excluding hydrogens is 1340 g/mol. The van der Waals surface area contributed by atoms with Crippen molar-refractivity contribution in [2.45, 2.75) is 118 Å². The summed E-state index contributed by atoms with van der Waals surface area (Å²) >= 11 is 8.57. The molecule has 496 valence electrons. The molecule has 6 aromatic heterocycles. The van der Waals surface area contributed by atoms with Gasteiger partial charge < -0.3 is 30.7 Å². The van der Waals surface area contributed by atoms with Gasteiger partial charge in [-0.2, -0.15) is 0 Å². The van der Waals surface area contributed by atoms with Gasteiger partial charge in [0.25, 0.3) is 0 Å². The number of carbonyl (C=O) groups is 6. The molecule has 12 rings (SSSR count). The molecule has 3 aliphatic heterocycles. The summed E-state index contributed by atoms with van der Waals surface area (Å²) in [7, 11) is 5.43. The van der Waals surface area contributed by atoms with E-state index in [9.17, 15) is 28.8 Å². The number of thiophene rings is 3. The molecule has 9 heterocycles. The third-order valence-electron chi connectivity index (χ3n) is 16.6. The van der Waals surface area contributed by atoms with E-state index in [2.05, 4.69) is 127 Å². The molecule has 6 amide bonds. The van der Waals surface area contributed by atoms with E-state index in [0.29, 0.717) is 56.7 Å². The highest BCUT2D eigenvalue weighted by atomic mass is 79.9. The molecule has 0 aliphatic carbocycles. The lowest BCUT2D eigenvalue weighted by Crippen LogP contribution is -2.47. The molecule has 3 aromatic carbocycles. The van der Waals surface area contributed by atoms with E-state index < -0.39 is 16.6 Å². The molecule has 0 atom stereocenters. The van der Waals surface area contributed by atoms with Gasteiger partial charge in [-0.1, -0.05) is 61.2 Å². The number of nitrogens with zero attached hydrogens (tertiary/aromatic N) is 6. The number of anilines is 3. The molecular formula is C72H80BrClN12O6S3. The lowest BCUT2D eigenvalue weighted by molar-refractivity contribution is -0.126. The first-order valence-electron chi connectivity index (χ1n) is 30.6. The minimum absolute atomic E-state index is 0. The summed E-state index contributed by atoms with van der Waals surface area (Å²) in [6, 6.07) is 30.8. The van der Waals surface area contributed by atoms with Crippen molar-refractivity contribution in [2.24, 2.45) is 0 Å². The van der Waals surface area contributed by atoms with Crippen LogP contribution in [-0.2, 0) is 68.0 Å². The molecule has 23 heteroatoms. The van der Waals surface area contributed by atoms with Crippen molar-refractivity contribution >= 4 is 158 Å². The van der Waals surface area contributed by atoms with Gasteiger partial charge in [0.2, 0.25) is 35.4 Å². The molecule has 3 aliphatic rings. The van der Waals surface area contributed by atoms with E-state index in [1.54, 1.807) is 98.7 Å². The van der Waals surface area contributed by atoms with E-state index in [1.165, 1.54) is 67.7 Å². The number of pyridine rings is 3. The number of benzene rings is 3. The molecule has 9 aromatic rings. The zero-order valence-electron chi connectivity index (χ0n) is 55.4. The molecule has 0 saturated heterocycles. The number of nitrogens with one attached hydrogen (secondary N) is 6. The second-order valence-electron chi connectivity index (χ2n) is 24.9. The highest BCUT2D eigenvalue weighted by Gasteiger charge is 2.33. The van der Waals surface area contributed by atoms with Crippen molar-refractivity contribution in [3.05, 3.63) is 198 Å². The normalized spacial score (nSPS) is 15.0. The minimum atomic E-state index is -0.667. The maximum Gasteiger partial charge on any atom is 0.246 e. The third-order valence-corrected chi connectivity index (χ3v) is 20.8. The molecule has 6 N–H and O–H groups in total. The first-order chi connectivity index (χ1) is 44.6. The molecule has 0 saturated carbocycles. The fourth-order valence-electron chi connectivity index (χ4n) is 10.2. The Kier molecular flexibility index (Phi) is 23.7. The van der Waals surface area contributed by atoms with E-state index >= 15 is 0 Å². The smallest absolute Gasteiger partial charge is 0.246 e. The van der Waals surface area contributed by atoms with E-state index in [1.807, 2.05) is 110 Å². The predicted octanol–water partition coefficient (Wildman–Crippen LogP) is 13.6. The molecule has 0 radical (unpaired) electrons. The number of fused-ring (bicyclic) bond motifs is 6. The summed E-state index contributed by atoms with van der Waals surface area (Å²) in [5, 5.41) is 21.9. The number of aryl methyl sites for hydroxylation is 3. The van der Waals surface area contributed by atoms with Crippen LogP contribution in [0.3, 0.4) is 0 Å². The highest BCUT2D eigenvalue weighted by Crippen LogP contribution is 2.35. The van der Waals surface area contributed by atoms with E-state index in [0.717, 1.165) is 32.3 Å². The number of aromatic nitrogens is 3. The molecule has 0 bridgehead atoms. The minimum Gasteiger partial charge on any atom is -0.337 e. The highest BCUT2D eigenvalue weighted by molar-refractivity contribution is 9.10. The van der Waals surface area contributed by atoms with Gasteiger partial charge in [0, 0.05) is 121 Å². The Labute approximate surface area is 581 Å². The van der Waals surface area contributed by atoms with Gasteiger partial charge in [0.1, 0.15) is 17.5 Å². The topological polar surface area (TPSA) is 223 Å². The van der Waals surface area contributed by atoms with Crippen LogP contribution in [0.2, 0.25) is 0 Å². The third kappa shape index (κ3) is 17.8. The molecule has 95 heavy (non-hydrogen) atoms. The van der Waals surface area contributed by atoms with Gasteiger partial charge in [0.05, 0.1) is 36.3 Å². The zero-order valence-corrected chi connectivity index (χ0v) is 60.2. The zero-order chi connectivity index (χ0) is 67.8. The van der Waals surface area contributed by atoms with Crippen molar-refractivity contribution in [3.63, 3.8) is 0 Å². The Bertz CT molecular complexity index is 4270. The van der Waals surface area contributed by atoms with Gasteiger partial charge in [-0.3, -0.25) is 44.7 Å². The van der Waals surface area contributed by atoms with Crippen molar-refractivity contribution in [1.82, 2.24) is 45.6 Å². The lowest BCUT2D eigenvalue weighted by Gasteiger charge is -2.21. The number of carbonyl (C=O) groups excluding carboxylic acids is 6. The molecule has 0 fully saturated rings. The summed E-state index contributed by atoms with van der Waals surface area (Å²) in [6.45, 7) is 24.3. The maximum atomic E-state index is 12.7. The fourth-order valence-corrected chi connectivity index (χ4v) is 14.4. The second kappa shape index (κ2) is 31.0. The quantitative estimate of drug-likeness (QED) is 0.0666. The first-order valence-corrected chi connectivity index (χ1v) is 33.8. The fraction of sp³-hybridized carbons (Fsp3) is 0.292. The van der Waals surface area contributed by atoms with Crippen molar-refractivity contribution in [2.75, 3.05) is 37.1 Å². The van der Waals surface area contributed by atoms with Crippen molar-refractivity contribution in [1.29, 1.82) is 0 Å². The van der Waals surface area contributed by atoms with Gasteiger partial charge in [-0.15, -0.1) is 46.4 Å². The van der Waals surface area contributed by atoms with Gasteiger partial charge in [-0.25, -0.2) is 15.0 Å². The van der Waals surface area contributed by atoms with Crippen LogP contribution in [0.4, 0.5) is 17.5 Å². The predicted molar refractivity (Wildman–Crippen MR) is 394 cm³/mol. The second-order valence-corrected chi connectivity index (χ2v) is 29.2. The molecule has 18 nitrogen and oxygen atoms in total. The molecule has 0 unspecified atom stereocenters. The Morgan fingerprint density at radius 3 is 1.14 bits per heavy atom. The summed E-state index contributed by atoms with van der Waals surface area (Å²) in [5.74, 6) is 1.29. The van der Waals surface area contributed by atoms with Crippen LogP contribution in [0.1, 0.15) is 101 Å². The number of halogens is 2. The van der Waals surface area contributed by atoms with Crippen LogP contribution in [0.5, 0.6) is 0 Å². The first kappa shape index (κ1) is 72.5.